The number of nitrogens with zero attached hydrogens (tertiary/aromatic N) is 2. The summed E-state index contributed by atoms with van der Waals surface area (Å²) in [4.78, 5) is 4.01. The van der Waals surface area contributed by atoms with Gasteiger partial charge in [-0.3, -0.25) is 9.71 Å². The lowest BCUT2D eigenvalue weighted by Gasteiger charge is -2.11. The first-order valence-electron chi connectivity index (χ1n) is 5.57. The van der Waals surface area contributed by atoms with Gasteiger partial charge in [-0.15, -0.1) is 0 Å². The van der Waals surface area contributed by atoms with Crippen LogP contribution < -0.4 is 4.72 Å². The smallest absolute Gasteiger partial charge is 0.262 e. The van der Waals surface area contributed by atoms with E-state index in [0.717, 1.165) is 0 Å². The molecule has 7 heteroatoms. The monoisotopic (exact) mass is 351 g/mol. The number of sulfonamides is 1. The summed E-state index contributed by atoms with van der Waals surface area (Å²) in [7, 11) is -3.71. The Labute approximate surface area is 125 Å². The number of anilines is 1. The van der Waals surface area contributed by atoms with Crippen LogP contribution in [0.5, 0.6) is 0 Å². The highest BCUT2D eigenvalue weighted by molar-refractivity contribution is 9.10. The van der Waals surface area contributed by atoms with E-state index in [0.29, 0.717) is 21.3 Å². The van der Waals surface area contributed by atoms with Gasteiger partial charge in [0, 0.05) is 12.4 Å². The number of aromatic nitrogens is 1. The van der Waals surface area contributed by atoms with E-state index in [-0.39, 0.29) is 4.90 Å². The van der Waals surface area contributed by atoms with E-state index in [2.05, 4.69) is 25.6 Å². The van der Waals surface area contributed by atoms with Crippen LogP contribution in [0.15, 0.2) is 46.0 Å². The Morgan fingerprint density at radius 3 is 2.70 bits per heavy atom. The summed E-state index contributed by atoms with van der Waals surface area (Å²) in [5, 5.41) is 8.80. The standard InChI is InChI=1S/C13H10BrN3O2S/c1-9-6-10(7-15)2-3-13(9)20(18,19)17-12-4-5-16-8-11(12)14/h2-6,8H,1H3,(H,16,17). The van der Waals surface area contributed by atoms with E-state index in [1.54, 1.807) is 13.0 Å². The van der Waals surface area contributed by atoms with Crippen molar-refractivity contribution in [1.29, 1.82) is 5.26 Å². The zero-order valence-corrected chi connectivity index (χ0v) is 12.9. The van der Waals surface area contributed by atoms with E-state index >= 15 is 0 Å². The molecule has 0 fully saturated rings. The highest BCUT2D eigenvalue weighted by atomic mass is 79.9. The van der Waals surface area contributed by atoms with Crippen molar-refractivity contribution in [2.75, 3.05) is 4.72 Å². The Morgan fingerprint density at radius 2 is 2.10 bits per heavy atom. The van der Waals surface area contributed by atoms with Gasteiger partial charge >= 0.3 is 0 Å². The van der Waals surface area contributed by atoms with Crippen molar-refractivity contribution in [3.8, 4) is 6.07 Å². The summed E-state index contributed by atoms with van der Waals surface area (Å²) in [5.74, 6) is 0. The van der Waals surface area contributed by atoms with E-state index in [1.807, 2.05) is 6.07 Å². The molecule has 1 aromatic heterocycles. The summed E-state index contributed by atoms with van der Waals surface area (Å²) in [6, 6.07) is 7.97. The predicted molar refractivity (Wildman–Crippen MR) is 78.6 cm³/mol. The van der Waals surface area contributed by atoms with Gasteiger partial charge in [0.1, 0.15) is 0 Å². The zero-order valence-electron chi connectivity index (χ0n) is 10.5. The first-order chi connectivity index (χ1) is 9.44. The Kier molecular flexibility index (Phi) is 4.06. The average molecular weight is 352 g/mol. The van der Waals surface area contributed by atoms with Gasteiger partial charge in [-0.2, -0.15) is 5.26 Å². The second-order valence-corrected chi connectivity index (χ2v) is 6.56. The Balaban J connectivity index is 2.42. The van der Waals surface area contributed by atoms with E-state index < -0.39 is 10.0 Å². The van der Waals surface area contributed by atoms with Gasteiger partial charge < -0.3 is 0 Å². The Bertz CT molecular complexity index is 798. The first kappa shape index (κ1) is 14.5. The number of aryl methyl sites for hydroxylation is 1. The summed E-state index contributed by atoms with van der Waals surface area (Å²) in [5.41, 5.74) is 1.34. The maximum Gasteiger partial charge on any atom is 0.262 e. The van der Waals surface area contributed by atoms with Crippen LogP contribution >= 0.6 is 15.9 Å². The zero-order chi connectivity index (χ0) is 14.8. The van der Waals surface area contributed by atoms with Crippen LogP contribution in [-0.4, -0.2) is 13.4 Å². The molecule has 0 aliphatic heterocycles. The fraction of sp³-hybridized carbons (Fsp3) is 0.0769. The molecule has 102 valence electrons. The minimum absolute atomic E-state index is 0.139. The Morgan fingerprint density at radius 1 is 1.35 bits per heavy atom. The van der Waals surface area contributed by atoms with Crippen LogP contribution in [0, 0.1) is 18.3 Å². The van der Waals surface area contributed by atoms with E-state index in [4.69, 9.17) is 5.26 Å². The minimum atomic E-state index is -3.71. The third kappa shape index (κ3) is 2.98. The summed E-state index contributed by atoms with van der Waals surface area (Å²) < 4.78 is 27.7. The number of pyridine rings is 1. The molecule has 0 bridgehead atoms. The lowest BCUT2D eigenvalue weighted by atomic mass is 10.2. The summed E-state index contributed by atoms with van der Waals surface area (Å²) >= 11 is 3.23. The number of hydrogen-bond donors (Lipinski definition) is 1. The van der Waals surface area contributed by atoms with Gasteiger partial charge in [0.2, 0.25) is 0 Å². The molecule has 0 atom stereocenters. The molecule has 1 N–H and O–H groups in total. The molecule has 0 amide bonds. The molecule has 1 aromatic carbocycles. The van der Waals surface area contributed by atoms with E-state index in [9.17, 15) is 8.42 Å². The molecule has 1 heterocycles. The molecular weight excluding hydrogens is 342 g/mol. The topological polar surface area (TPSA) is 82.8 Å². The average Bonchev–Trinajstić information content (AvgIpc) is 2.40. The van der Waals surface area contributed by atoms with Gasteiger partial charge in [-0.25, -0.2) is 8.42 Å². The second kappa shape index (κ2) is 5.61. The summed E-state index contributed by atoms with van der Waals surface area (Å²) in [6.07, 6.45) is 3.00. The first-order valence-corrected chi connectivity index (χ1v) is 7.85. The molecule has 2 aromatic rings. The number of hydrogen-bond acceptors (Lipinski definition) is 4. The van der Waals surface area contributed by atoms with Gasteiger partial charge in [0.25, 0.3) is 10.0 Å². The molecular formula is C13H10BrN3O2S. The van der Waals surface area contributed by atoms with Crippen LogP contribution in [0.3, 0.4) is 0 Å². The van der Waals surface area contributed by atoms with Crippen molar-refractivity contribution >= 4 is 31.6 Å². The van der Waals surface area contributed by atoms with Crippen molar-refractivity contribution in [2.45, 2.75) is 11.8 Å². The molecule has 0 saturated carbocycles. The van der Waals surface area contributed by atoms with Crippen molar-refractivity contribution in [3.63, 3.8) is 0 Å². The molecule has 5 nitrogen and oxygen atoms in total. The number of halogens is 1. The highest BCUT2D eigenvalue weighted by Crippen LogP contribution is 2.25. The molecule has 0 unspecified atom stereocenters. The molecule has 2 rings (SSSR count). The van der Waals surface area contributed by atoms with Crippen LogP contribution in [0.2, 0.25) is 0 Å². The molecule has 0 radical (unpaired) electrons. The fourth-order valence-corrected chi connectivity index (χ4v) is 3.47. The quantitative estimate of drug-likeness (QED) is 0.921. The lowest BCUT2D eigenvalue weighted by molar-refractivity contribution is 0.600. The van der Waals surface area contributed by atoms with Crippen LogP contribution in [0.25, 0.3) is 0 Å². The SMILES string of the molecule is Cc1cc(C#N)ccc1S(=O)(=O)Nc1ccncc1Br. The normalized spacial score (nSPS) is 10.8. The van der Waals surface area contributed by atoms with Crippen LogP contribution in [-0.2, 0) is 10.0 Å². The third-order valence-corrected chi connectivity index (χ3v) is 4.77. The molecule has 0 aliphatic rings. The largest absolute Gasteiger partial charge is 0.278 e. The van der Waals surface area contributed by atoms with Crippen molar-refractivity contribution in [3.05, 3.63) is 52.3 Å². The predicted octanol–water partition coefficient (Wildman–Crippen LogP) is 2.83. The third-order valence-electron chi connectivity index (χ3n) is 2.61. The molecule has 0 aliphatic carbocycles. The molecule has 0 saturated heterocycles. The number of benzene rings is 1. The second-order valence-electron chi connectivity index (χ2n) is 4.05. The molecule has 20 heavy (non-hydrogen) atoms. The fourth-order valence-electron chi connectivity index (χ4n) is 1.68. The lowest BCUT2D eigenvalue weighted by Crippen LogP contribution is -2.14. The van der Waals surface area contributed by atoms with Gasteiger partial charge in [-0.05, 0) is 52.7 Å². The number of nitriles is 1. The van der Waals surface area contributed by atoms with Crippen molar-refractivity contribution in [2.24, 2.45) is 0 Å². The number of rotatable bonds is 3. The van der Waals surface area contributed by atoms with Gasteiger partial charge in [0.05, 0.1) is 26.7 Å². The number of nitrogens with one attached hydrogen (secondary N) is 1. The van der Waals surface area contributed by atoms with Gasteiger partial charge in [0.15, 0.2) is 0 Å². The van der Waals surface area contributed by atoms with Gasteiger partial charge in [-0.1, -0.05) is 0 Å². The minimum Gasteiger partial charge on any atom is -0.278 e. The highest BCUT2D eigenvalue weighted by Gasteiger charge is 2.18. The van der Waals surface area contributed by atoms with Crippen molar-refractivity contribution in [1.82, 2.24) is 4.98 Å². The van der Waals surface area contributed by atoms with Crippen LogP contribution in [0.4, 0.5) is 5.69 Å². The maximum atomic E-state index is 12.3. The maximum absolute atomic E-state index is 12.3. The summed E-state index contributed by atoms with van der Waals surface area (Å²) in [6.45, 7) is 1.65. The van der Waals surface area contributed by atoms with Crippen LogP contribution in [0.1, 0.15) is 11.1 Å². The van der Waals surface area contributed by atoms with Crippen molar-refractivity contribution < 1.29 is 8.42 Å². The van der Waals surface area contributed by atoms with E-state index in [1.165, 1.54) is 30.6 Å². The molecule has 0 spiro atoms. The Hall–Kier alpha value is -1.91.